The molecule has 3 aromatic rings. The topological polar surface area (TPSA) is 49.4 Å². The lowest BCUT2D eigenvalue weighted by Gasteiger charge is -2.31. The van der Waals surface area contributed by atoms with E-state index in [4.69, 9.17) is 0 Å². The van der Waals surface area contributed by atoms with E-state index in [1.54, 1.807) is 24.1 Å². The number of carbonyl (C=O) groups excluding carboxylic acids is 2. The van der Waals surface area contributed by atoms with Gasteiger partial charge in [-0.3, -0.25) is 9.59 Å². The van der Waals surface area contributed by atoms with E-state index < -0.39 is 6.04 Å². The van der Waals surface area contributed by atoms with Crippen molar-refractivity contribution in [1.29, 1.82) is 0 Å². The van der Waals surface area contributed by atoms with Gasteiger partial charge in [-0.1, -0.05) is 72.3 Å². The molecule has 1 atom stereocenters. The van der Waals surface area contributed by atoms with Crippen molar-refractivity contribution in [1.82, 2.24) is 10.2 Å². The van der Waals surface area contributed by atoms with Gasteiger partial charge in [0.2, 0.25) is 11.8 Å². The van der Waals surface area contributed by atoms with Crippen LogP contribution in [0, 0.1) is 12.7 Å². The predicted molar refractivity (Wildman–Crippen MR) is 132 cm³/mol. The Morgan fingerprint density at radius 3 is 2.18 bits per heavy atom. The molecule has 2 amide bonds. The van der Waals surface area contributed by atoms with E-state index in [0.29, 0.717) is 18.7 Å². The molecule has 1 N–H and O–H groups in total. The molecule has 0 saturated carbocycles. The van der Waals surface area contributed by atoms with Gasteiger partial charge in [0.15, 0.2) is 0 Å². The highest BCUT2D eigenvalue weighted by Crippen LogP contribution is 2.19. The van der Waals surface area contributed by atoms with Gasteiger partial charge in [-0.25, -0.2) is 4.39 Å². The van der Waals surface area contributed by atoms with Crippen molar-refractivity contribution in [2.75, 3.05) is 12.8 Å². The van der Waals surface area contributed by atoms with Crippen molar-refractivity contribution in [3.63, 3.8) is 0 Å². The maximum absolute atomic E-state index is 13.4. The highest BCUT2D eigenvalue weighted by atomic mass is 32.2. The number of benzene rings is 3. The molecule has 3 rings (SSSR count). The third-order valence-corrected chi connectivity index (χ3v) is 6.39. The maximum Gasteiger partial charge on any atom is 0.242 e. The summed E-state index contributed by atoms with van der Waals surface area (Å²) in [6.07, 6.45) is 0.431. The van der Waals surface area contributed by atoms with E-state index in [-0.39, 0.29) is 23.4 Å². The molecule has 6 heteroatoms. The molecule has 0 bridgehead atoms. The molecule has 3 aromatic carbocycles. The highest BCUT2D eigenvalue weighted by molar-refractivity contribution is 7.99. The summed E-state index contributed by atoms with van der Waals surface area (Å²) in [7, 11) is 1.60. The van der Waals surface area contributed by atoms with Crippen molar-refractivity contribution in [3.8, 4) is 0 Å². The maximum atomic E-state index is 13.4. The lowest BCUT2D eigenvalue weighted by atomic mass is 10.0. The van der Waals surface area contributed by atoms with Crippen molar-refractivity contribution in [2.24, 2.45) is 0 Å². The van der Waals surface area contributed by atoms with Crippen molar-refractivity contribution in [3.05, 3.63) is 107 Å². The number of hydrogen-bond acceptors (Lipinski definition) is 3. The molecule has 1 unspecified atom stereocenters. The second-order valence-corrected chi connectivity index (χ2v) is 8.93. The average molecular weight is 465 g/mol. The van der Waals surface area contributed by atoms with Crippen LogP contribution in [0.5, 0.6) is 0 Å². The zero-order valence-electron chi connectivity index (χ0n) is 19.0. The first-order chi connectivity index (χ1) is 16.0. The van der Waals surface area contributed by atoms with Crippen LogP contribution >= 0.6 is 11.8 Å². The lowest BCUT2D eigenvalue weighted by molar-refractivity contribution is -0.139. The lowest BCUT2D eigenvalue weighted by Crippen LogP contribution is -2.50. The summed E-state index contributed by atoms with van der Waals surface area (Å²) in [5.74, 6) is 0.243. The Hall–Kier alpha value is -3.12. The molecule has 0 aliphatic carbocycles. The van der Waals surface area contributed by atoms with E-state index in [9.17, 15) is 14.0 Å². The Labute approximate surface area is 199 Å². The fourth-order valence-electron chi connectivity index (χ4n) is 3.53. The number of nitrogens with one attached hydrogen (secondary N) is 1. The van der Waals surface area contributed by atoms with E-state index in [2.05, 4.69) is 5.32 Å². The number of likely N-dealkylation sites (N-methyl/N-ethyl adjacent to an activating group) is 1. The summed E-state index contributed by atoms with van der Waals surface area (Å²) in [5, 5.41) is 2.73. The highest BCUT2D eigenvalue weighted by Gasteiger charge is 2.29. The summed E-state index contributed by atoms with van der Waals surface area (Å²) in [5.41, 5.74) is 4.05. The SMILES string of the molecule is CNC(=O)C(Cc1ccccc1)N(Cc1ccc(C)cc1)C(=O)CSCc1ccc(F)cc1. The van der Waals surface area contributed by atoms with Crippen molar-refractivity contribution < 1.29 is 14.0 Å². The van der Waals surface area contributed by atoms with E-state index in [1.165, 1.54) is 23.9 Å². The third kappa shape index (κ3) is 7.46. The molecule has 0 aromatic heterocycles. The monoisotopic (exact) mass is 464 g/mol. The van der Waals surface area contributed by atoms with Crippen LogP contribution < -0.4 is 5.32 Å². The number of rotatable bonds is 10. The van der Waals surface area contributed by atoms with Gasteiger partial charge in [0.25, 0.3) is 0 Å². The van der Waals surface area contributed by atoms with Crippen LogP contribution in [0.3, 0.4) is 0 Å². The molecule has 0 spiro atoms. The Balaban J connectivity index is 1.79. The van der Waals surface area contributed by atoms with Crippen LogP contribution in [-0.4, -0.2) is 35.6 Å². The third-order valence-electron chi connectivity index (χ3n) is 5.40. The average Bonchev–Trinajstić information content (AvgIpc) is 2.83. The number of amides is 2. The Bertz CT molecular complexity index is 1040. The first-order valence-corrected chi connectivity index (χ1v) is 12.0. The molecule has 0 radical (unpaired) electrons. The van der Waals surface area contributed by atoms with Gasteiger partial charge in [-0.05, 0) is 35.7 Å². The van der Waals surface area contributed by atoms with Crippen LogP contribution in [0.2, 0.25) is 0 Å². The largest absolute Gasteiger partial charge is 0.357 e. The fraction of sp³-hybridized carbons (Fsp3) is 0.259. The van der Waals surface area contributed by atoms with Gasteiger partial charge >= 0.3 is 0 Å². The summed E-state index contributed by atoms with van der Waals surface area (Å²) in [4.78, 5) is 27.9. The number of hydrogen-bond donors (Lipinski definition) is 1. The van der Waals surface area contributed by atoms with Crippen LogP contribution in [0.25, 0.3) is 0 Å². The summed E-state index contributed by atoms with van der Waals surface area (Å²) in [6, 6.07) is 23.4. The van der Waals surface area contributed by atoms with Crippen LogP contribution in [0.15, 0.2) is 78.9 Å². The summed E-state index contributed by atoms with van der Waals surface area (Å²) in [6.45, 7) is 2.36. The Morgan fingerprint density at radius 1 is 0.909 bits per heavy atom. The second kappa shape index (κ2) is 12.2. The van der Waals surface area contributed by atoms with Crippen molar-refractivity contribution in [2.45, 2.75) is 31.7 Å². The molecule has 0 aliphatic rings. The molecule has 0 aliphatic heterocycles. The van der Waals surface area contributed by atoms with Gasteiger partial charge in [0.05, 0.1) is 5.75 Å². The smallest absolute Gasteiger partial charge is 0.242 e. The molecule has 0 saturated heterocycles. The molecule has 4 nitrogen and oxygen atoms in total. The van der Waals surface area contributed by atoms with E-state index >= 15 is 0 Å². The van der Waals surface area contributed by atoms with Gasteiger partial charge < -0.3 is 10.2 Å². The summed E-state index contributed by atoms with van der Waals surface area (Å²) < 4.78 is 13.1. The minimum atomic E-state index is -0.627. The van der Waals surface area contributed by atoms with Crippen LogP contribution in [-0.2, 0) is 28.3 Å². The number of thioether (sulfide) groups is 1. The summed E-state index contributed by atoms with van der Waals surface area (Å²) >= 11 is 1.46. The number of halogens is 1. The molecule has 0 fully saturated rings. The standard InChI is InChI=1S/C27H29FN2O2S/c1-20-8-10-22(11-9-20)17-30(25(27(32)29-2)16-21-6-4-3-5-7-21)26(31)19-33-18-23-12-14-24(28)15-13-23/h3-15,25H,16-19H2,1-2H3,(H,29,32). The van der Waals surface area contributed by atoms with E-state index in [0.717, 1.165) is 22.3 Å². The van der Waals surface area contributed by atoms with Crippen molar-refractivity contribution >= 4 is 23.6 Å². The minimum absolute atomic E-state index is 0.104. The minimum Gasteiger partial charge on any atom is -0.357 e. The Kier molecular flexibility index (Phi) is 9.07. The molecular weight excluding hydrogens is 435 g/mol. The molecule has 172 valence electrons. The molecule has 0 heterocycles. The van der Waals surface area contributed by atoms with E-state index in [1.807, 2.05) is 61.5 Å². The number of nitrogens with zero attached hydrogens (tertiary/aromatic N) is 1. The Morgan fingerprint density at radius 2 is 1.55 bits per heavy atom. The molecule has 33 heavy (non-hydrogen) atoms. The second-order valence-electron chi connectivity index (χ2n) is 7.95. The number of carbonyl (C=O) groups is 2. The van der Waals surface area contributed by atoms with Gasteiger partial charge in [0, 0.05) is 25.8 Å². The molecular formula is C27H29FN2O2S. The van der Waals surface area contributed by atoms with Crippen LogP contribution in [0.1, 0.15) is 22.3 Å². The predicted octanol–water partition coefficient (Wildman–Crippen LogP) is 4.75. The number of aryl methyl sites for hydroxylation is 1. The zero-order chi connectivity index (χ0) is 23.6. The first-order valence-electron chi connectivity index (χ1n) is 10.9. The van der Waals surface area contributed by atoms with Gasteiger partial charge in [-0.15, -0.1) is 11.8 Å². The normalized spacial score (nSPS) is 11.6. The first kappa shape index (κ1) is 24.5. The van der Waals surface area contributed by atoms with Gasteiger partial charge in [0.1, 0.15) is 11.9 Å². The quantitative estimate of drug-likeness (QED) is 0.471. The van der Waals surface area contributed by atoms with Crippen LogP contribution in [0.4, 0.5) is 4.39 Å². The fourth-order valence-corrected chi connectivity index (χ4v) is 4.40. The van der Waals surface area contributed by atoms with Gasteiger partial charge in [-0.2, -0.15) is 0 Å². The zero-order valence-corrected chi connectivity index (χ0v) is 19.8.